The topological polar surface area (TPSA) is 68.5 Å². The minimum Gasteiger partial charge on any atom is -0.497 e. The molecule has 1 fully saturated rings. The zero-order valence-electron chi connectivity index (χ0n) is 15.5. The van der Waals surface area contributed by atoms with Crippen molar-refractivity contribution in [2.24, 2.45) is 0 Å². The van der Waals surface area contributed by atoms with E-state index < -0.39 is 0 Å². The summed E-state index contributed by atoms with van der Waals surface area (Å²) in [6, 6.07) is 13.1. The van der Waals surface area contributed by atoms with Gasteiger partial charge in [0, 0.05) is 12.1 Å². The van der Waals surface area contributed by atoms with E-state index in [2.05, 4.69) is 10.1 Å². The molecule has 1 aromatic heterocycles. The number of aromatic nitrogens is 2. The highest BCUT2D eigenvalue weighted by Gasteiger charge is 2.34. The molecule has 0 unspecified atom stereocenters. The molecule has 1 saturated heterocycles. The van der Waals surface area contributed by atoms with Crippen LogP contribution in [0.5, 0.6) is 5.75 Å². The maximum absolute atomic E-state index is 13.1. The van der Waals surface area contributed by atoms with Gasteiger partial charge in [0.15, 0.2) is 0 Å². The summed E-state index contributed by atoms with van der Waals surface area (Å²) in [4.78, 5) is 19.0. The summed E-state index contributed by atoms with van der Waals surface area (Å²) in [6.07, 6.45) is 1.87. The quantitative estimate of drug-likeness (QED) is 0.673. The molecule has 1 aliphatic heterocycles. The first-order valence-electron chi connectivity index (χ1n) is 9.16. The average Bonchev–Trinajstić information content (AvgIpc) is 3.39. The zero-order valence-corrected chi connectivity index (χ0v) is 15.5. The number of ether oxygens (including phenoxy) is 1. The second-order valence-corrected chi connectivity index (χ2v) is 6.73. The van der Waals surface area contributed by atoms with Crippen LogP contribution in [0.2, 0.25) is 0 Å². The van der Waals surface area contributed by atoms with Crippen molar-refractivity contribution in [3.05, 3.63) is 65.8 Å². The van der Waals surface area contributed by atoms with Gasteiger partial charge in [0.05, 0.1) is 13.5 Å². The molecule has 1 aliphatic rings. The molecule has 2 aromatic carbocycles. The van der Waals surface area contributed by atoms with Crippen LogP contribution in [0, 0.1) is 5.82 Å². The molecule has 0 spiro atoms. The van der Waals surface area contributed by atoms with E-state index in [1.165, 1.54) is 12.1 Å². The lowest BCUT2D eigenvalue weighted by molar-refractivity contribution is -0.131. The van der Waals surface area contributed by atoms with Crippen LogP contribution in [0.25, 0.3) is 11.4 Å². The zero-order chi connectivity index (χ0) is 19.5. The lowest BCUT2D eigenvalue weighted by atomic mass is 10.1. The third kappa shape index (κ3) is 3.74. The van der Waals surface area contributed by atoms with E-state index in [1.807, 2.05) is 24.3 Å². The van der Waals surface area contributed by atoms with E-state index in [4.69, 9.17) is 9.26 Å². The number of nitrogens with zero attached hydrogens (tertiary/aromatic N) is 3. The number of hydrogen-bond donors (Lipinski definition) is 0. The third-order valence-corrected chi connectivity index (χ3v) is 4.92. The number of carbonyl (C=O) groups excluding carboxylic acids is 1. The van der Waals surface area contributed by atoms with Gasteiger partial charge in [-0.05, 0) is 54.8 Å². The lowest BCUT2D eigenvalue weighted by Gasteiger charge is -2.21. The summed E-state index contributed by atoms with van der Waals surface area (Å²) in [7, 11) is 1.61. The Hall–Kier alpha value is -3.22. The molecule has 0 N–H and O–H groups in total. The molecule has 6 nitrogen and oxygen atoms in total. The van der Waals surface area contributed by atoms with Crippen molar-refractivity contribution in [1.82, 2.24) is 15.0 Å². The molecule has 28 heavy (non-hydrogen) atoms. The fourth-order valence-electron chi connectivity index (χ4n) is 3.43. The molecule has 2 heterocycles. The van der Waals surface area contributed by atoms with Crippen molar-refractivity contribution in [3.8, 4) is 17.1 Å². The van der Waals surface area contributed by atoms with E-state index in [0.29, 0.717) is 18.3 Å². The molecule has 1 atom stereocenters. The normalized spacial score (nSPS) is 16.4. The average molecular weight is 381 g/mol. The molecule has 7 heteroatoms. The summed E-state index contributed by atoms with van der Waals surface area (Å²) in [5.74, 6) is 1.33. The highest BCUT2D eigenvalue weighted by Crippen LogP contribution is 2.32. The van der Waals surface area contributed by atoms with Gasteiger partial charge in [-0.1, -0.05) is 17.3 Å². The van der Waals surface area contributed by atoms with Crippen LogP contribution in [-0.4, -0.2) is 34.6 Å². The Morgan fingerprint density at radius 1 is 1.21 bits per heavy atom. The summed E-state index contributed by atoms with van der Waals surface area (Å²) in [5, 5.41) is 4.07. The molecular formula is C21H20FN3O3. The Kier molecular flexibility index (Phi) is 5.06. The van der Waals surface area contributed by atoms with Crippen molar-refractivity contribution in [2.45, 2.75) is 25.3 Å². The van der Waals surface area contributed by atoms with Crippen molar-refractivity contribution < 1.29 is 18.4 Å². The summed E-state index contributed by atoms with van der Waals surface area (Å²) >= 11 is 0. The summed E-state index contributed by atoms with van der Waals surface area (Å²) in [6.45, 7) is 0.644. The van der Waals surface area contributed by atoms with Crippen LogP contribution < -0.4 is 4.74 Å². The van der Waals surface area contributed by atoms with Gasteiger partial charge in [-0.15, -0.1) is 0 Å². The maximum Gasteiger partial charge on any atom is 0.249 e. The fraction of sp³-hybridized carbons (Fsp3) is 0.286. The van der Waals surface area contributed by atoms with Gasteiger partial charge >= 0.3 is 0 Å². The Morgan fingerprint density at radius 3 is 2.68 bits per heavy atom. The third-order valence-electron chi connectivity index (χ3n) is 4.92. The van der Waals surface area contributed by atoms with Crippen LogP contribution in [0.4, 0.5) is 4.39 Å². The fourth-order valence-corrected chi connectivity index (χ4v) is 3.43. The van der Waals surface area contributed by atoms with Gasteiger partial charge in [-0.3, -0.25) is 4.79 Å². The van der Waals surface area contributed by atoms with E-state index in [1.54, 1.807) is 24.1 Å². The number of amides is 1. The molecule has 0 saturated carbocycles. The standard InChI is InChI=1S/C21H20FN3O3/c1-27-17-10-6-15(7-11-17)20-23-21(28-24-20)18-3-2-12-25(18)19(26)13-14-4-8-16(22)9-5-14/h4-11,18H,2-3,12-13H2,1H3/t18-/m1/s1. The van der Waals surface area contributed by atoms with Crippen molar-refractivity contribution >= 4 is 5.91 Å². The van der Waals surface area contributed by atoms with Crippen LogP contribution in [0.1, 0.15) is 30.3 Å². The summed E-state index contributed by atoms with van der Waals surface area (Å²) in [5.41, 5.74) is 1.60. The van der Waals surface area contributed by atoms with Crippen LogP contribution >= 0.6 is 0 Å². The predicted octanol–water partition coefficient (Wildman–Crippen LogP) is 3.79. The summed E-state index contributed by atoms with van der Waals surface area (Å²) < 4.78 is 23.7. The first-order valence-corrected chi connectivity index (χ1v) is 9.16. The van der Waals surface area contributed by atoms with Crippen LogP contribution in [-0.2, 0) is 11.2 Å². The monoisotopic (exact) mass is 381 g/mol. The van der Waals surface area contributed by atoms with E-state index >= 15 is 0 Å². The molecule has 4 rings (SSSR count). The minimum atomic E-state index is -0.313. The van der Waals surface area contributed by atoms with E-state index in [-0.39, 0.29) is 24.2 Å². The first kappa shape index (κ1) is 18.2. The van der Waals surface area contributed by atoms with E-state index in [9.17, 15) is 9.18 Å². The first-order chi connectivity index (χ1) is 13.6. The second kappa shape index (κ2) is 7.80. The number of methoxy groups -OCH3 is 1. The van der Waals surface area contributed by atoms with Gasteiger partial charge < -0.3 is 14.2 Å². The van der Waals surface area contributed by atoms with Gasteiger partial charge in [-0.25, -0.2) is 4.39 Å². The van der Waals surface area contributed by atoms with Crippen molar-refractivity contribution in [2.75, 3.05) is 13.7 Å². The second-order valence-electron chi connectivity index (χ2n) is 6.73. The molecular weight excluding hydrogens is 361 g/mol. The molecule has 144 valence electrons. The van der Waals surface area contributed by atoms with Crippen molar-refractivity contribution in [1.29, 1.82) is 0 Å². The van der Waals surface area contributed by atoms with Gasteiger partial charge in [0.25, 0.3) is 0 Å². The molecule has 0 radical (unpaired) electrons. The molecule has 0 bridgehead atoms. The number of benzene rings is 2. The number of halogens is 1. The number of likely N-dealkylation sites (tertiary alicyclic amines) is 1. The Labute approximate surface area is 161 Å². The van der Waals surface area contributed by atoms with Crippen LogP contribution in [0.3, 0.4) is 0 Å². The smallest absolute Gasteiger partial charge is 0.249 e. The van der Waals surface area contributed by atoms with Gasteiger partial charge in [-0.2, -0.15) is 4.98 Å². The number of hydrogen-bond acceptors (Lipinski definition) is 5. The molecule has 3 aromatic rings. The maximum atomic E-state index is 13.1. The largest absolute Gasteiger partial charge is 0.497 e. The van der Waals surface area contributed by atoms with Gasteiger partial charge in [0.1, 0.15) is 17.6 Å². The highest BCUT2D eigenvalue weighted by molar-refractivity contribution is 5.79. The number of rotatable bonds is 5. The Morgan fingerprint density at radius 2 is 1.96 bits per heavy atom. The van der Waals surface area contributed by atoms with Crippen LogP contribution in [0.15, 0.2) is 53.1 Å². The number of carbonyl (C=O) groups is 1. The van der Waals surface area contributed by atoms with Crippen molar-refractivity contribution in [3.63, 3.8) is 0 Å². The molecule has 1 amide bonds. The SMILES string of the molecule is COc1ccc(-c2noc([C@H]3CCCN3C(=O)Cc3ccc(F)cc3)n2)cc1. The van der Waals surface area contributed by atoms with Gasteiger partial charge in [0.2, 0.25) is 17.6 Å². The Balaban J connectivity index is 1.49. The van der Waals surface area contributed by atoms with E-state index in [0.717, 1.165) is 29.7 Å². The predicted molar refractivity (Wildman–Crippen MR) is 100 cm³/mol. The minimum absolute atomic E-state index is 0.0293. The Bertz CT molecular complexity index is 954. The highest BCUT2D eigenvalue weighted by atomic mass is 19.1. The molecule has 0 aliphatic carbocycles. The lowest BCUT2D eigenvalue weighted by Crippen LogP contribution is -2.32.